The van der Waals surface area contributed by atoms with Crippen molar-refractivity contribution in [3.05, 3.63) is 70.0 Å². The lowest BCUT2D eigenvalue weighted by Crippen LogP contribution is -2.71. The fourth-order valence-electron chi connectivity index (χ4n) is 8.02. The van der Waals surface area contributed by atoms with Crippen LogP contribution < -0.4 is 0 Å². The van der Waals surface area contributed by atoms with Crippen molar-refractivity contribution in [1.29, 1.82) is 0 Å². The van der Waals surface area contributed by atoms with Crippen molar-refractivity contribution in [2.24, 2.45) is 28.1 Å². The number of aromatic hydroxyl groups is 2. The van der Waals surface area contributed by atoms with E-state index < -0.39 is 45.3 Å². The molecular weight excluding hydrogens is 552 g/mol. The molecule has 1 aromatic carbocycles. The van der Waals surface area contributed by atoms with Gasteiger partial charge >= 0.3 is 0 Å². The number of ether oxygens (including phenoxy) is 1. The molecule has 1 heterocycles. The standard InChI is InChI=1S/C38H52O6/c1-22(2)11-14-26-20-37-21-27(15-12-23(3)4)36(9,10)44-33(37)30(31(41)25-13-16-28(39)29(40)19-25)32(42)38(34(37)43,35(26,7)8)18-17-24(5)6/h11-13,16-17,19,26-27,34,39-40,43H,14-15,18,20-21H2,1-10H3/t26?,27?,34?,37-,38?/m0/s1. The predicted octanol–water partition coefficient (Wildman–Crippen LogP) is 8.38. The van der Waals surface area contributed by atoms with E-state index in [1.165, 1.54) is 29.3 Å². The first kappa shape index (κ1) is 33.8. The number of carbonyl (C=O) groups excluding carboxylic acids is 2. The third kappa shape index (κ3) is 5.37. The van der Waals surface area contributed by atoms with E-state index in [0.717, 1.165) is 18.4 Å². The summed E-state index contributed by atoms with van der Waals surface area (Å²) in [6.07, 6.45) is 8.32. The molecule has 3 aliphatic rings. The van der Waals surface area contributed by atoms with Gasteiger partial charge in [-0.1, -0.05) is 48.8 Å². The summed E-state index contributed by atoms with van der Waals surface area (Å²) < 4.78 is 6.87. The van der Waals surface area contributed by atoms with E-state index in [0.29, 0.717) is 19.3 Å². The monoisotopic (exact) mass is 604 g/mol. The number of allylic oxidation sites excluding steroid dienone is 7. The largest absolute Gasteiger partial charge is 0.504 e. The van der Waals surface area contributed by atoms with Crippen LogP contribution >= 0.6 is 0 Å². The van der Waals surface area contributed by atoms with Gasteiger partial charge in [0.25, 0.3) is 0 Å². The van der Waals surface area contributed by atoms with Crippen LogP contribution in [0.25, 0.3) is 0 Å². The number of aliphatic hydroxyl groups is 1. The van der Waals surface area contributed by atoms with Crippen LogP contribution in [0.2, 0.25) is 0 Å². The molecule has 1 saturated heterocycles. The van der Waals surface area contributed by atoms with E-state index in [2.05, 4.69) is 53.7 Å². The minimum absolute atomic E-state index is 0.0320. The first-order chi connectivity index (χ1) is 20.3. The molecule has 4 rings (SSSR count). The minimum Gasteiger partial charge on any atom is -0.504 e. The van der Waals surface area contributed by atoms with E-state index in [1.54, 1.807) is 0 Å². The molecule has 44 heavy (non-hydrogen) atoms. The first-order valence-electron chi connectivity index (χ1n) is 15.9. The molecule has 240 valence electrons. The Morgan fingerprint density at radius 2 is 1.41 bits per heavy atom. The summed E-state index contributed by atoms with van der Waals surface area (Å²) >= 11 is 0. The molecule has 6 nitrogen and oxygen atoms in total. The number of carbonyl (C=O) groups is 2. The molecule has 6 heteroatoms. The van der Waals surface area contributed by atoms with Crippen molar-refractivity contribution in [3.8, 4) is 11.5 Å². The SMILES string of the molecule is CC(C)=CCC1C[C@@]23CC(CC=C(C)C)C(C)(C)C(CC=C(C)C)(C(=O)C(C(=O)c4ccc(O)c(O)c4)=C2OC1(C)C)C3O. The number of rotatable bonds is 8. The lowest BCUT2D eigenvalue weighted by atomic mass is 9.38. The molecule has 5 atom stereocenters. The summed E-state index contributed by atoms with van der Waals surface area (Å²) in [6.45, 7) is 20.4. The van der Waals surface area contributed by atoms with Gasteiger partial charge in [0.1, 0.15) is 16.9 Å². The van der Waals surface area contributed by atoms with Crippen molar-refractivity contribution >= 4 is 11.6 Å². The van der Waals surface area contributed by atoms with Crippen LogP contribution in [0, 0.1) is 28.1 Å². The lowest BCUT2D eigenvalue weighted by Gasteiger charge is -2.67. The molecule has 4 unspecified atom stereocenters. The highest BCUT2D eigenvalue weighted by Crippen LogP contribution is 2.71. The zero-order chi connectivity index (χ0) is 33.0. The number of hydrogen-bond acceptors (Lipinski definition) is 6. The molecule has 0 aromatic heterocycles. The second kappa shape index (κ2) is 11.7. The Balaban J connectivity index is 2.09. The van der Waals surface area contributed by atoms with Crippen LogP contribution in [0.4, 0.5) is 0 Å². The van der Waals surface area contributed by atoms with E-state index in [1.807, 2.05) is 33.8 Å². The van der Waals surface area contributed by atoms with Crippen LogP contribution in [0.3, 0.4) is 0 Å². The van der Waals surface area contributed by atoms with Crippen molar-refractivity contribution in [1.82, 2.24) is 0 Å². The summed E-state index contributed by atoms with van der Waals surface area (Å²) in [4.78, 5) is 29.7. The summed E-state index contributed by atoms with van der Waals surface area (Å²) in [6, 6.07) is 3.87. The second-order valence-corrected chi connectivity index (χ2v) is 15.3. The molecule has 2 bridgehead atoms. The van der Waals surface area contributed by atoms with Gasteiger partial charge in [0.05, 0.1) is 16.9 Å². The molecule has 0 amide bonds. The Hall–Kier alpha value is -3.12. The molecule has 1 aliphatic heterocycles. The molecule has 1 aromatic rings. The van der Waals surface area contributed by atoms with Gasteiger partial charge < -0.3 is 20.1 Å². The summed E-state index contributed by atoms with van der Waals surface area (Å²) in [5.41, 5.74) is -0.160. The van der Waals surface area contributed by atoms with E-state index >= 15 is 4.79 Å². The van der Waals surface area contributed by atoms with E-state index in [-0.39, 0.29) is 34.5 Å². The minimum atomic E-state index is -1.29. The predicted molar refractivity (Wildman–Crippen MR) is 174 cm³/mol. The maximum absolute atomic E-state index is 15.2. The van der Waals surface area contributed by atoms with Crippen LogP contribution in [0.5, 0.6) is 11.5 Å². The normalized spacial score (nSPS) is 30.1. The number of fused-ring (bicyclic) bond motifs is 1. The number of phenols is 2. The Morgan fingerprint density at radius 1 is 0.864 bits per heavy atom. The number of ketones is 2. The third-order valence-electron chi connectivity index (χ3n) is 11.0. The quantitative estimate of drug-likeness (QED) is 0.119. The second-order valence-electron chi connectivity index (χ2n) is 15.3. The van der Waals surface area contributed by atoms with Gasteiger partial charge in [0.2, 0.25) is 0 Å². The first-order valence-corrected chi connectivity index (χ1v) is 15.9. The Morgan fingerprint density at radius 3 is 1.95 bits per heavy atom. The number of Topliss-reactive ketones (excluding diaryl/α,β-unsaturated/α-hetero) is 2. The van der Waals surface area contributed by atoms with Crippen LogP contribution in [0.1, 0.15) is 112 Å². The van der Waals surface area contributed by atoms with Gasteiger partial charge in [-0.15, -0.1) is 0 Å². The van der Waals surface area contributed by atoms with Crippen LogP contribution in [-0.2, 0) is 9.53 Å². The van der Waals surface area contributed by atoms with Gasteiger partial charge in [-0.2, -0.15) is 0 Å². The fraction of sp³-hybridized carbons (Fsp3) is 0.579. The van der Waals surface area contributed by atoms with Gasteiger partial charge in [-0.25, -0.2) is 0 Å². The fourth-order valence-corrected chi connectivity index (χ4v) is 8.02. The van der Waals surface area contributed by atoms with Crippen LogP contribution in [0.15, 0.2) is 64.5 Å². The molecule has 1 spiro atoms. The Labute approximate surface area is 263 Å². The van der Waals surface area contributed by atoms with Gasteiger partial charge in [-0.05, 0) is 117 Å². The van der Waals surface area contributed by atoms with Gasteiger partial charge in [-0.3, -0.25) is 9.59 Å². The summed E-state index contributed by atoms with van der Waals surface area (Å²) in [5, 5.41) is 33.0. The molecule has 2 aliphatic carbocycles. The van der Waals surface area contributed by atoms with Gasteiger partial charge in [0, 0.05) is 11.5 Å². The summed E-state index contributed by atoms with van der Waals surface area (Å²) in [7, 11) is 0. The molecule has 3 N–H and O–H groups in total. The summed E-state index contributed by atoms with van der Waals surface area (Å²) in [5.74, 6) is -1.40. The maximum atomic E-state index is 15.2. The topological polar surface area (TPSA) is 104 Å². The number of phenolic OH excluding ortho intramolecular Hbond substituents is 2. The average molecular weight is 605 g/mol. The average Bonchev–Trinajstić information content (AvgIpc) is 2.91. The molecule has 0 radical (unpaired) electrons. The molecule has 2 fully saturated rings. The zero-order valence-corrected chi connectivity index (χ0v) is 28.3. The van der Waals surface area contributed by atoms with E-state index in [9.17, 15) is 20.1 Å². The van der Waals surface area contributed by atoms with Crippen molar-refractivity contribution in [2.75, 3.05) is 0 Å². The number of benzene rings is 1. The molecular formula is C38H52O6. The van der Waals surface area contributed by atoms with E-state index in [4.69, 9.17) is 4.74 Å². The smallest absolute Gasteiger partial charge is 0.200 e. The Kier molecular flexibility index (Phi) is 8.95. The van der Waals surface area contributed by atoms with Crippen LogP contribution in [-0.4, -0.2) is 38.6 Å². The van der Waals surface area contributed by atoms with Crippen molar-refractivity contribution in [3.63, 3.8) is 0 Å². The number of hydrogen-bond donors (Lipinski definition) is 3. The highest BCUT2D eigenvalue weighted by atomic mass is 16.5. The highest BCUT2D eigenvalue weighted by molar-refractivity contribution is 6.29. The lowest BCUT2D eigenvalue weighted by molar-refractivity contribution is -0.233. The highest BCUT2D eigenvalue weighted by Gasteiger charge is 2.74. The third-order valence-corrected chi connectivity index (χ3v) is 11.0. The molecule has 1 saturated carbocycles. The Bertz CT molecular complexity index is 1450. The van der Waals surface area contributed by atoms with Crippen molar-refractivity contribution < 1.29 is 29.6 Å². The number of aliphatic hydroxyl groups excluding tert-OH is 1. The van der Waals surface area contributed by atoms with Crippen molar-refractivity contribution in [2.45, 2.75) is 113 Å². The van der Waals surface area contributed by atoms with Gasteiger partial charge in [0.15, 0.2) is 23.1 Å². The zero-order valence-electron chi connectivity index (χ0n) is 28.3. The maximum Gasteiger partial charge on any atom is 0.200 e.